The van der Waals surface area contributed by atoms with E-state index in [0.717, 1.165) is 22.0 Å². The number of benzene rings is 2. The summed E-state index contributed by atoms with van der Waals surface area (Å²) < 4.78 is 5.48. The molecule has 3 rings (SSSR count). The molecule has 0 saturated carbocycles. The van der Waals surface area contributed by atoms with Gasteiger partial charge in [0, 0.05) is 18.3 Å². The van der Waals surface area contributed by atoms with Gasteiger partial charge in [-0.3, -0.25) is 10.1 Å². The Hall–Kier alpha value is -3.26. The number of aryl methyl sites for hydroxylation is 1. The van der Waals surface area contributed by atoms with Crippen molar-refractivity contribution >= 4 is 28.3 Å². The number of nitrogens with zero attached hydrogens (tertiary/aromatic N) is 2. The van der Waals surface area contributed by atoms with Gasteiger partial charge in [-0.2, -0.15) is 5.26 Å². The first kappa shape index (κ1) is 16.6. The molecule has 1 aromatic heterocycles. The van der Waals surface area contributed by atoms with Gasteiger partial charge in [-0.15, -0.1) is 0 Å². The van der Waals surface area contributed by atoms with Gasteiger partial charge in [-0.1, -0.05) is 30.3 Å². The predicted molar refractivity (Wildman–Crippen MR) is 98.7 cm³/mol. The molecule has 0 aliphatic heterocycles. The Labute approximate surface area is 146 Å². The van der Waals surface area contributed by atoms with Crippen LogP contribution in [-0.4, -0.2) is 19.5 Å². The maximum atomic E-state index is 12.3. The summed E-state index contributed by atoms with van der Waals surface area (Å²) in [5, 5.41) is 14.2. The van der Waals surface area contributed by atoms with E-state index in [1.807, 2.05) is 48.3 Å². The number of furan rings is 1. The topological polar surface area (TPSA) is 69.3 Å². The minimum Gasteiger partial charge on any atom is -0.444 e. The van der Waals surface area contributed by atoms with Crippen LogP contribution in [0.5, 0.6) is 0 Å². The van der Waals surface area contributed by atoms with Crippen molar-refractivity contribution in [2.75, 3.05) is 23.8 Å². The quantitative estimate of drug-likeness (QED) is 0.783. The monoisotopic (exact) mass is 333 g/mol. The number of nitriles is 1. The Bertz CT molecular complexity index is 982. The number of fused-ring (bicyclic) bond motifs is 1. The van der Waals surface area contributed by atoms with E-state index in [0.29, 0.717) is 11.3 Å². The smallest absolute Gasteiger partial charge is 0.246 e. The van der Waals surface area contributed by atoms with Crippen molar-refractivity contribution in [2.45, 2.75) is 13.8 Å². The average Bonchev–Trinajstić information content (AvgIpc) is 2.87. The molecule has 0 spiro atoms. The van der Waals surface area contributed by atoms with E-state index < -0.39 is 0 Å². The summed E-state index contributed by atoms with van der Waals surface area (Å²) in [6.07, 6.45) is 0. The van der Waals surface area contributed by atoms with E-state index in [1.165, 1.54) is 0 Å². The Balaban J connectivity index is 1.74. The maximum Gasteiger partial charge on any atom is 0.246 e. The molecular formula is C20H19N3O2. The number of likely N-dealkylation sites (N-methyl/N-ethyl adjacent to an activating group) is 1. The molecular weight excluding hydrogens is 314 g/mol. The molecule has 0 bridgehead atoms. The van der Waals surface area contributed by atoms with E-state index in [1.54, 1.807) is 13.8 Å². The summed E-state index contributed by atoms with van der Waals surface area (Å²) >= 11 is 0. The van der Waals surface area contributed by atoms with Gasteiger partial charge in [0.2, 0.25) is 11.8 Å². The lowest BCUT2D eigenvalue weighted by Crippen LogP contribution is -2.30. The number of hydrogen-bond acceptors (Lipinski definition) is 4. The molecule has 5 nitrogen and oxygen atoms in total. The Morgan fingerprint density at radius 1 is 1.20 bits per heavy atom. The van der Waals surface area contributed by atoms with Gasteiger partial charge in [0.1, 0.15) is 17.4 Å². The average molecular weight is 333 g/mol. The van der Waals surface area contributed by atoms with E-state index in [9.17, 15) is 10.1 Å². The molecule has 0 aliphatic rings. The van der Waals surface area contributed by atoms with E-state index >= 15 is 0 Å². The number of carbonyl (C=O) groups is 1. The predicted octanol–water partition coefficient (Wildman–Crippen LogP) is 4.00. The summed E-state index contributed by atoms with van der Waals surface area (Å²) in [7, 11) is 1.85. The van der Waals surface area contributed by atoms with Gasteiger partial charge in [0.15, 0.2) is 0 Å². The first-order chi connectivity index (χ1) is 12.0. The van der Waals surface area contributed by atoms with E-state index in [-0.39, 0.29) is 18.3 Å². The molecule has 5 heteroatoms. The lowest BCUT2D eigenvalue weighted by Gasteiger charge is -2.19. The lowest BCUT2D eigenvalue weighted by atomic mass is 10.1. The van der Waals surface area contributed by atoms with Crippen LogP contribution in [0.1, 0.15) is 16.9 Å². The molecule has 1 N–H and O–H groups in total. The van der Waals surface area contributed by atoms with Gasteiger partial charge >= 0.3 is 0 Å². The van der Waals surface area contributed by atoms with Crippen molar-refractivity contribution in [3.63, 3.8) is 0 Å². The second kappa shape index (κ2) is 6.70. The fraction of sp³-hybridized carbons (Fsp3) is 0.200. The number of hydrogen-bond donors (Lipinski definition) is 1. The van der Waals surface area contributed by atoms with Crippen LogP contribution in [0.3, 0.4) is 0 Å². The highest BCUT2D eigenvalue weighted by atomic mass is 16.4. The Morgan fingerprint density at radius 2 is 1.92 bits per heavy atom. The van der Waals surface area contributed by atoms with Crippen molar-refractivity contribution in [1.82, 2.24) is 0 Å². The van der Waals surface area contributed by atoms with Crippen LogP contribution in [0.15, 0.2) is 46.9 Å². The zero-order valence-electron chi connectivity index (χ0n) is 14.5. The molecule has 126 valence electrons. The minimum atomic E-state index is -0.235. The highest BCUT2D eigenvalue weighted by Gasteiger charge is 2.17. The number of nitrogens with one attached hydrogen (secondary N) is 1. The Morgan fingerprint density at radius 3 is 2.64 bits per heavy atom. The first-order valence-electron chi connectivity index (χ1n) is 7.99. The van der Waals surface area contributed by atoms with Crippen molar-refractivity contribution in [3.05, 3.63) is 59.4 Å². The number of amides is 1. The van der Waals surface area contributed by atoms with Crippen LogP contribution in [0.2, 0.25) is 0 Å². The van der Waals surface area contributed by atoms with Crippen LogP contribution >= 0.6 is 0 Å². The molecule has 25 heavy (non-hydrogen) atoms. The van der Waals surface area contributed by atoms with Crippen molar-refractivity contribution < 1.29 is 9.21 Å². The molecule has 1 heterocycles. The molecule has 0 aliphatic carbocycles. The summed E-state index contributed by atoms with van der Waals surface area (Å²) in [6.45, 7) is 3.73. The third kappa shape index (κ3) is 3.33. The van der Waals surface area contributed by atoms with Gasteiger partial charge in [0.05, 0.1) is 6.54 Å². The number of rotatable bonds is 4. The van der Waals surface area contributed by atoms with Crippen molar-refractivity contribution in [1.29, 1.82) is 5.26 Å². The number of carbonyl (C=O) groups excluding carboxylic acids is 1. The fourth-order valence-electron chi connectivity index (χ4n) is 2.74. The van der Waals surface area contributed by atoms with Gasteiger partial charge < -0.3 is 9.32 Å². The Kier molecular flexibility index (Phi) is 4.44. The molecule has 0 saturated heterocycles. The molecule has 3 aromatic rings. The van der Waals surface area contributed by atoms with Crippen molar-refractivity contribution in [3.8, 4) is 6.07 Å². The second-order valence-corrected chi connectivity index (χ2v) is 6.03. The highest BCUT2D eigenvalue weighted by Crippen LogP contribution is 2.25. The van der Waals surface area contributed by atoms with Gasteiger partial charge in [-0.05, 0) is 36.8 Å². The summed E-state index contributed by atoms with van der Waals surface area (Å²) in [6, 6.07) is 16.2. The standard InChI is InChI=1S/C20H19N3O2/c1-13-14(2)25-20(18(13)11-21)22-19(24)12-23(3)17-9-8-15-6-4-5-7-16(15)10-17/h4-10H,12H2,1-3H3,(H,22,24). The van der Waals surface area contributed by atoms with Crippen molar-refractivity contribution in [2.24, 2.45) is 0 Å². The normalized spacial score (nSPS) is 10.5. The van der Waals surface area contributed by atoms with Gasteiger partial charge in [-0.25, -0.2) is 0 Å². The zero-order chi connectivity index (χ0) is 18.0. The van der Waals surface area contributed by atoms with Crippen LogP contribution in [-0.2, 0) is 4.79 Å². The number of anilines is 2. The molecule has 1 amide bonds. The molecule has 0 atom stereocenters. The highest BCUT2D eigenvalue weighted by molar-refractivity contribution is 5.94. The van der Waals surface area contributed by atoms with Crippen LogP contribution in [0.25, 0.3) is 10.8 Å². The zero-order valence-corrected chi connectivity index (χ0v) is 14.5. The summed E-state index contributed by atoms with van der Waals surface area (Å²) in [5.74, 6) is 0.616. The van der Waals surface area contributed by atoms with Gasteiger partial charge in [0.25, 0.3) is 0 Å². The lowest BCUT2D eigenvalue weighted by molar-refractivity contribution is -0.115. The largest absolute Gasteiger partial charge is 0.444 e. The SMILES string of the molecule is Cc1oc(NC(=O)CN(C)c2ccc3ccccc3c2)c(C#N)c1C. The molecule has 0 unspecified atom stereocenters. The first-order valence-corrected chi connectivity index (χ1v) is 7.99. The summed E-state index contributed by atoms with van der Waals surface area (Å²) in [5.41, 5.74) is 2.07. The molecule has 0 radical (unpaired) electrons. The molecule has 2 aromatic carbocycles. The van der Waals surface area contributed by atoms with E-state index in [2.05, 4.69) is 17.5 Å². The summed E-state index contributed by atoms with van der Waals surface area (Å²) in [4.78, 5) is 14.2. The minimum absolute atomic E-state index is 0.155. The van der Waals surface area contributed by atoms with E-state index in [4.69, 9.17) is 4.42 Å². The van der Waals surface area contributed by atoms with Crippen LogP contribution in [0, 0.1) is 25.2 Å². The second-order valence-electron chi connectivity index (χ2n) is 6.03. The van der Waals surface area contributed by atoms with Crippen LogP contribution in [0.4, 0.5) is 11.6 Å². The fourth-order valence-corrected chi connectivity index (χ4v) is 2.74. The third-order valence-corrected chi connectivity index (χ3v) is 4.30. The maximum absolute atomic E-state index is 12.3. The molecule has 0 fully saturated rings. The van der Waals surface area contributed by atoms with Crippen LogP contribution < -0.4 is 10.2 Å². The third-order valence-electron chi connectivity index (χ3n) is 4.30.